The van der Waals surface area contributed by atoms with Crippen LogP contribution in [0.15, 0.2) is 18.3 Å². The van der Waals surface area contributed by atoms with E-state index >= 15 is 0 Å². The van der Waals surface area contributed by atoms with Crippen molar-refractivity contribution in [3.05, 3.63) is 23.4 Å². The maximum Gasteiger partial charge on any atom is 0.128 e. The first-order valence-electron chi connectivity index (χ1n) is 7.40. The van der Waals surface area contributed by atoms with Crippen molar-refractivity contribution in [2.24, 2.45) is 11.8 Å². The van der Waals surface area contributed by atoms with Gasteiger partial charge in [-0.25, -0.2) is 4.98 Å². The summed E-state index contributed by atoms with van der Waals surface area (Å²) >= 11 is 5.88. The van der Waals surface area contributed by atoms with Gasteiger partial charge in [0.25, 0.3) is 0 Å². The lowest BCUT2D eigenvalue weighted by atomic mass is 10.0. The summed E-state index contributed by atoms with van der Waals surface area (Å²) in [5.41, 5.74) is 0. The van der Waals surface area contributed by atoms with E-state index < -0.39 is 0 Å². The van der Waals surface area contributed by atoms with Gasteiger partial charge in [-0.2, -0.15) is 0 Å². The van der Waals surface area contributed by atoms with Crippen LogP contribution in [-0.4, -0.2) is 42.1 Å². The Morgan fingerprint density at radius 1 is 1.05 bits per heavy atom. The average molecular weight is 278 g/mol. The molecule has 3 nitrogen and oxygen atoms in total. The molecule has 4 heteroatoms. The lowest BCUT2D eigenvalue weighted by Crippen LogP contribution is -2.59. The fourth-order valence-electron chi connectivity index (χ4n) is 4.00. The number of halogens is 1. The highest BCUT2D eigenvalue weighted by molar-refractivity contribution is 6.30. The molecule has 2 aliphatic heterocycles. The Morgan fingerprint density at radius 2 is 1.79 bits per heavy atom. The van der Waals surface area contributed by atoms with Gasteiger partial charge in [-0.1, -0.05) is 18.0 Å². The molecule has 0 bridgehead atoms. The largest absolute Gasteiger partial charge is 0.353 e. The van der Waals surface area contributed by atoms with Crippen LogP contribution in [0.25, 0.3) is 0 Å². The van der Waals surface area contributed by atoms with Crippen LogP contribution in [0.3, 0.4) is 0 Å². The van der Waals surface area contributed by atoms with Crippen molar-refractivity contribution >= 4 is 17.4 Å². The van der Waals surface area contributed by atoms with Gasteiger partial charge >= 0.3 is 0 Å². The molecule has 2 atom stereocenters. The standard InChI is InChI=1S/C15H20ClN3/c16-13-4-5-15(17-6-13)19-9-14(10-19)18-7-11-2-1-3-12(11)8-18/h4-6,11-12,14H,1-3,7-10H2. The number of fused-ring (bicyclic) bond motifs is 1. The van der Waals surface area contributed by atoms with Crippen LogP contribution in [0.5, 0.6) is 0 Å². The first-order chi connectivity index (χ1) is 9.29. The summed E-state index contributed by atoms with van der Waals surface area (Å²) in [6.07, 6.45) is 6.14. The highest BCUT2D eigenvalue weighted by Gasteiger charge is 2.42. The summed E-state index contributed by atoms with van der Waals surface area (Å²) in [6.45, 7) is 4.95. The van der Waals surface area contributed by atoms with E-state index in [2.05, 4.69) is 14.8 Å². The molecule has 4 rings (SSSR count). The number of hydrogen-bond acceptors (Lipinski definition) is 3. The Bertz CT molecular complexity index is 443. The van der Waals surface area contributed by atoms with E-state index in [1.165, 1.54) is 32.4 Å². The molecule has 3 fully saturated rings. The van der Waals surface area contributed by atoms with Gasteiger partial charge in [-0.3, -0.25) is 4.90 Å². The Morgan fingerprint density at radius 3 is 2.42 bits per heavy atom. The third-order valence-corrected chi connectivity index (χ3v) is 5.39. The molecule has 1 aromatic heterocycles. The van der Waals surface area contributed by atoms with Gasteiger partial charge in [0, 0.05) is 38.4 Å². The van der Waals surface area contributed by atoms with Crippen molar-refractivity contribution in [2.45, 2.75) is 25.3 Å². The molecule has 2 saturated heterocycles. The summed E-state index contributed by atoms with van der Waals surface area (Å²) in [5.74, 6) is 3.07. The van der Waals surface area contributed by atoms with Gasteiger partial charge in [-0.05, 0) is 36.8 Å². The quantitative estimate of drug-likeness (QED) is 0.829. The van der Waals surface area contributed by atoms with Gasteiger partial charge in [0.15, 0.2) is 0 Å². The van der Waals surface area contributed by atoms with Gasteiger partial charge < -0.3 is 4.90 Å². The lowest BCUT2D eigenvalue weighted by Gasteiger charge is -2.45. The van der Waals surface area contributed by atoms with Crippen LogP contribution in [-0.2, 0) is 0 Å². The third-order valence-electron chi connectivity index (χ3n) is 5.17. The van der Waals surface area contributed by atoms with Crippen molar-refractivity contribution in [1.82, 2.24) is 9.88 Å². The molecular formula is C15H20ClN3. The van der Waals surface area contributed by atoms with Gasteiger partial charge in [0.1, 0.15) is 5.82 Å². The summed E-state index contributed by atoms with van der Waals surface area (Å²) < 4.78 is 0. The molecular weight excluding hydrogens is 258 g/mol. The summed E-state index contributed by atoms with van der Waals surface area (Å²) in [4.78, 5) is 9.47. The highest BCUT2D eigenvalue weighted by atomic mass is 35.5. The maximum atomic E-state index is 5.88. The van der Waals surface area contributed by atoms with Gasteiger partial charge in [-0.15, -0.1) is 0 Å². The van der Waals surface area contributed by atoms with Crippen LogP contribution in [0, 0.1) is 11.8 Å². The monoisotopic (exact) mass is 277 g/mol. The predicted molar refractivity (Wildman–Crippen MR) is 77.7 cm³/mol. The van der Waals surface area contributed by atoms with Crippen LogP contribution in [0.1, 0.15) is 19.3 Å². The molecule has 1 aromatic rings. The molecule has 3 aliphatic rings. The zero-order chi connectivity index (χ0) is 12.8. The molecule has 2 unspecified atom stereocenters. The number of aromatic nitrogens is 1. The van der Waals surface area contributed by atoms with E-state index in [9.17, 15) is 0 Å². The maximum absolute atomic E-state index is 5.88. The van der Waals surface area contributed by atoms with Crippen molar-refractivity contribution in [3.8, 4) is 0 Å². The van der Waals surface area contributed by atoms with Crippen molar-refractivity contribution < 1.29 is 0 Å². The van der Waals surface area contributed by atoms with Crippen molar-refractivity contribution in [3.63, 3.8) is 0 Å². The molecule has 0 radical (unpaired) electrons. The second-order valence-electron chi connectivity index (χ2n) is 6.30. The number of anilines is 1. The number of pyridine rings is 1. The lowest BCUT2D eigenvalue weighted by molar-refractivity contribution is 0.190. The van der Waals surface area contributed by atoms with E-state index in [1.54, 1.807) is 6.20 Å². The Balaban J connectivity index is 1.34. The SMILES string of the molecule is Clc1ccc(N2CC(N3CC4CCCC4C3)C2)nc1. The third kappa shape index (κ3) is 2.13. The topological polar surface area (TPSA) is 19.4 Å². The minimum atomic E-state index is 0.716. The number of likely N-dealkylation sites (tertiary alicyclic amines) is 1. The van der Waals surface area contributed by atoms with E-state index in [-0.39, 0.29) is 0 Å². The molecule has 102 valence electrons. The summed E-state index contributed by atoms with van der Waals surface area (Å²) in [6, 6.07) is 4.71. The second kappa shape index (κ2) is 4.64. The first kappa shape index (κ1) is 12.0. The van der Waals surface area contributed by atoms with E-state index in [1.807, 2.05) is 12.1 Å². The molecule has 1 saturated carbocycles. The molecule has 0 aromatic carbocycles. The molecule has 19 heavy (non-hydrogen) atoms. The molecule has 1 aliphatic carbocycles. The highest BCUT2D eigenvalue weighted by Crippen LogP contribution is 2.39. The van der Waals surface area contributed by atoms with Crippen LogP contribution >= 0.6 is 11.6 Å². The fraction of sp³-hybridized carbons (Fsp3) is 0.667. The second-order valence-corrected chi connectivity index (χ2v) is 6.73. The Hall–Kier alpha value is -0.800. The molecule has 0 N–H and O–H groups in total. The average Bonchev–Trinajstić information content (AvgIpc) is 2.90. The smallest absolute Gasteiger partial charge is 0.128 e. The van der Waals surface area contributed by atoms with Crippen LogP contribution in [0.2, 0.25) is 5.02 Å². The fourth-order valence-corrected chi connectivity index (χ4v) is 4.11. The van der Waals surface area contributed by atoms with Crippen molar-refractivity contribution in [1.29, 1.82) is 0 Å². The van der Waals surface area contributed by atoms with Crippen LogP contribution < -0.4 is 4.90 Å². The number of rotatable bonds is 2. The van der Waals surface area contributed by atoms with E-state index in [0.29, 0.717) is 5.02 Å². The summed E-state index contributed by atoms with van der Waals surface area (Å²) in [5, 5.41) is 0.716. The zero-order valence-electron chi connectivity index (χ0n) is 11.1. The van der Waals surface area contributed by atoms with Gasteiger partial charge in [0.05, 0.1) is 5.02 Å². The first-order valence-corrected chi connectivity index (χ1v) is 7.78. The van der Waals surface area contributed by atoms with Gasteiger partial charge in [0.2, 0.25) is 0 Å². The normalized spacial score (nSPS) is 31.5. The molecule has 0 amide bonds. The van der Waals surface area contributed by atoms with E-state index in [4.69, 9.17) is 11.6 Å². The molecule has 0 spiro atoms. The minimum absolute atomic E-state index is 0.716. The Kier molecular flexibility index (Phi) is 2.92. The Labute approximate surface area is 119 Å². The van der Waals surface area contributed by atoms with E-state index in [0.717, 1.165) is 36.8 Å². The predicted octanol–water partition coefficient (Wildman–Crippen LogP) is 2.66. The van der Waals surface area contributed by atoms with Crippen molar-refractivity contribution in [2.75, 3.05) is 31.1 Å². The number of nitrogens with zero attached hydrogens (tertiary/aromatic N) is 3. The minimum Gasteiger partial charge on any atom is -0.353 e. The van der Waals surface area contributed by atoms with Crippen LogP contribution in [0.4, 0.5) is 5.82 Å². The number of hydrogen-bond donors (Lipinski definition) is 0. The summed E-state index contributed by atoms with van der Waals surface area (Å²) in [7, 11) is 0. The molecule has 3 heterocycles. The zero-order valence-corrected chi connectivity index (χ0v) is 11.9.